The van der Waals surface area contributed by atoms with E-state index in [1.807, 2.05) is 18.2 Å². The molecular weight excluding hydrogens is 416 g/mol. The normalized spacial score (nSPS) is 26.3. The number of fused-ring (bicyclic) bond motifs is 1. The maximum atomic E-state index is 13.0. The highest BCUT2D eigenvalue weighted by molar-refractivity contribution is 5.78. The van der Waals surface area contributed by atoms with Gasteiger partial charge in [-0.15, -0.1) is 0 Å². The number of benzene rings is 1. The van der Waals surface area contributed by atoms with Gasteiger partial charge in [0.05, 0.1) is 26.4 Å². The van der Waals surface area contributed by atoms with E-state index >= 15 is 0 Å². The molecule has 1 saturated carbocycles. The van der Waals surface area contributed by atoms with Crippen molar-refractivity contribution in [3.8, 4) is 11.5 Å². The molecule has 1 aromatic carbocycles. The molecular formula is C27H44N2O4. The fourth-order valence-electron chi connectivity index (χ4n) is 5.84. The summed E-state index contributed by atoms with van der Waals surface area (Å²) in [6, 6.07) is 5.85. The molecule has 33 heavy (non-hydrogen) atoms. The lowest BCUT2D eigenvalue weighted by Crippen LogP contribution is -2.56. The first-order valence-electron chi connectivity index (χ1n) is 12.9. The van der Waals surface area contributed by atoms with Crippen molar-refractivity contribution in [2.75, 3.05) is 33.9 Å². The van der Waals surface area contributed by atoms with Gasteiger partial charge in [0.1, 0.15) is 11.5 Å². The van der Waals surface area contributed by atoms with Crippen LogP contribution in [0.2, 0.25) is 0 Å². The van der Waals surface area contributed by atoms with Crippen molar-refractivity contribution in [3.63, 3.8) is 0 Å². The van der Waals surface area contributed by atoms with E-state index in [1.165, 1.54) is 12.8 Å². The van der Waals surface area contributed by atoms with Gasteiger partial charge >= 0.3 is 0 Å². The van der Waals surface area contributed by atoms with E-state index in [0.717, 1.165) is 62.1 Å². The molecule has 1 heterocycles. The Kier molecular flexibility index (Phi) is 9.45. The molecule has 6 nitrogen and oxygen atoms in total. The van der Waals surface area contributed by atoms with Crippen LogP contribution in [0.3, 0.4) is 0 Å². The molecule has 0 aromatic heterocycles. The Bertz CT molecular complexity index is 770. The molecule has 4 atom stereocenters. The number of nitrogens with zero attached hydrogens (tertiary/aromatic N) is 1. The molecule has 2 fully saturated rings. The second kappa shape index (κ2) is 12.1. The van der Waals surface area contributed by atoms with Crippen LogP contribution in [-0.2, 0) is 4.79 Å². The van der Waals surface area contributed by atoms with Gasteiger partial charge in [0.2, 0.25) is 5.91 Å². The maximum Gasteiger partial charge on any atom is 0.234 e. The summed E-state index contributed by atoms with van der Waals surface area (Å²) in [7, 11) is 3.32. The lowest BCUT2D eigenvalue weighted by atomic mass is 9.66. The standard InChI is InChI=1S/C27H44N2O4/c1-5-7-10-20(6-2)18-28-25(30)19-29-16-15-27(31)14-9-8-11-23(27)26(29)22-13-12-21(32-3)17-24(22)33-4/h12-13,17,20,23,26,31H,5-11,14-16,18-19H2,1-4H3,(H,28,30)/t20?,23?,26-,27?/m0/s1. The number of ether oxygens (including phenoxy) is 2. The Labute approximate surface area is 200 Å². The van der Waals surface area contributed by atoms with Crippen molar-refractivity contribution in [3.05, 3.63) is 23.8 Å². The minimum atomic E-state index is -0.672. The zero-order valence-electron chi connectivity index (χ0n) is 21.1. The molecule has 3 unspecified atom stereocenters. The maximum absolute atomic E-state index is 13.0. The molecule has 1 aliphatic carbocycles. The summed E-state index contributed by atoms with van der Waals surface area (Å²) in [4.78, 5) is 15.3. The average Bonchev–Trinajstić information content (AvgIpc) is 2.83. The topological polar surface area (TPSA) is 71.0 Å². The van der Waals surface area contributed by atoms with E-state index in [1.54, 1.807) is 14.2 Å². The molecule has 2 N–H and O–H groups in total. The van der Waals surface area contributed by atoms with Crippen LogP contribution in [0.5, 0.6) is 11.5 Å². The van der Waals surface area contributed by atoms with Crippen LogP contribution in [0.25, 0.3) is 0 Å². The summed E-state index contributed by atoms with van der Waals surface area (Å²) in [5, 5.41) is 14.7. The van der Waals surface area contributed by atoms with Crippen molar-refractivity contribution in [2.24, 2.45) is 11.8 Å². The lowest BCUT2D eigenvalue weighted by molar-refractivity contribution is -0.138. The van der Waals surface area contributed by atoms with Crippen molar-refractivity contribution >= 4 is 5.91 Å². The number of carbonyl (C=O) groups is 1. The zero-order chi connectivity index (χ0) is 23.8. The fourth-order valence-corrected chi connectivity index (χ4v) is 5.84. The molecule has 186 valence electrons. The molecule has 0 radical (unpaired) electrons. The van der Waals surface area contributed by atoms with Crippen LogP contribution >= 0.6 is 0 Å². The highest BCUT2D eigenvalue weighted by Crippen LogP contribution is 2.51. The summed E-state index contributed by atoms with van der Waals surface area (Å²) < 4.78 is 11.2. The summed E-state index contributed by atoms with van der Waals surface area (Å²) in [6.07, 6.45) is 9.34. The van der Waals surface area contributed by atoms with Gasteiger partial charge in [-0.25, -0.2) is 0 Å². The predicted molar refractivity (Wildman–Crippen MR) is 132 cm³/mol. The highest BCUT2D eigenvalue weighted by Gasteiger charge is 2.49. The van der Waals surface area contributed by atoms with Gasteiger partial charge in [-0.3, -0.25) is 9.69 Å². The van der Waals surface area contributed by atoms with Crippen LogP contribution < -0.4 is 14.8 Å². The Morgan fingerprint density at radius 1 is 1.24 bits per heavy atom. The number of methoxy groups -OCH3 is 2. The summed E-state index contributed by atoms with van der Waals surface area (Å²) in [6.45, 7) is 6.20. The summed E-state index contributed by atoms with van der Waals surface area (Å²) in [5.74, 6) is 2.19. The number of unbranched alkanes of at least 4 members (excludes halogenated alkanes) is 1. The zero-order valence-corrected chi connectivity index (χ0v) is 21.1. The van der Waals surface area contributed by atoms with E-state index < -0.39 is 5.60 Å². The largest absolute Gasteiger partial charge is 0.497 e. The quantitative estimate of drug-likeness (QED) is 0.501. The second-order valence-corrected chi connectivity index (χ2v) is 9.95. The molecule has 0 spiro atoms. The molecule has 0 bridgehead atoms. The average molecular weight is 461 g/mol. The van der Waals surface area contributed by atoms with E-state index in [2.05, 4.69) is 24.1 Å². The SMILES string of the molecule is CCCCC(CC)CNC(=O)CN1CCC2(O)CCCCC2[C@@H]1c1ccc(OC)cc1OC. The van der Waals surface area contributed by atoms with E-state index in [9.17, 15) is 9.90 Å². The van der Waals surface area contributed by atoms with Gasteiger partial charge in [0.25, 0.3) is 0 Å². The van der Waals surface area contributed by atoms with Crippen LogP contribution in [-0.4, -0.2) is 55.4 Å². The monoisotopic (exact) mass is 460 g/mol. The van der Waals surface area contributed by atoms with Crippen LogP contribution in [0.15, 0.2) is 18.2 Å². The number of hydrogen-bond donors (Lipinski definition) is 2. The predicted octanol–water partition coefficient (Wildman–Crippen LogP) is 4.70. The number of hydrogen-bond acceptors (Lipinski definition) is 5. The van der Waals surface area contributed by atoms with Gasteiger partial charge in [-0.2, -0.15) is 0 Å². The van der Waals surface area contributed by atoms with Crippen molar-refractivity contribution in [1.29, 1.82) is 0 Å². The fraction of sp³-hybridized carbons (Fsp3) is 0.741. The van der Waals surface area contributed by atoms with E-state index in [4.69, 9.17) is 9.47 Å². The smallest absolute Gasteiger partial charge is 0.234 e. The van der Waals surface area contributed by atoms with Gasteiger partial charge in [-0.05, 0) is 37.7 Å². The van der Waals surface area contributed by atoms with E-state index in [0.29, 0.717) is 25.4 Å². The minimum absolute atomic E-state index is 0.0577. The number of aliphatic hydroxyl groups is 1. The number of likely N-dealkylation sites (tertiary alicyclic amines) is 1. The number of piperidine rings is 1. The van der Waals surface area contributed by atoms with Crippen molar-refractivity contribution in [1.82, 2.24) is 10.2 Å². The number of nitrogens with one attached hydrogen (secondary N) is 1. The van der Waals surface area contributed by atoms with Crippen LogP contribution in [0.1, 0.15) is 83.2 Å². The van der Waals surface area contributed by atoms with E-state index in [-0.39, 0.29) is 17.9 Å². The highest BCUT2D eigenvalue weighted by atomic mass is 16.5. The number of amides is 1. The third-order valence-corrected chi connectivity index (χ3v) is 7.91. The molecule has 1 amide bonds. The first-order chi connectivity index (χ1) is 16.0. The summed E-state index contributed by atoms with van der Waals surface area (Å²) in [5.41, 5.74) is 0.361. The number of rotatable bonds is 11. The third kappa shape index (κ3) is 6.21. The Morgan fingerprint density at radius 2 is 2.06 bits per heavy atom. The van der Waals surface area contributed by atoms with Gasteiger partial charge < -0.3 is 19.9 Å². The van der Waals surface area contributed by atoms with Crippen LogP contribution in [0, 0.1) is 11.8 Å². The Balaban J connectivity index is 1.80. The molecule has 6 heteroatoms. The van der Waals surface area contributed by atoms with Crippen molar-refractivity contribution < 1.29 is 19.4 Å². The molecule has 1 saturated heterocycles. The Hall–Kier alpha value is -1.79. The lowest BCUT2D eigenvalue weighted by Gasteiger charge is -2.52. The molecule has 2 aliphatic rings. The molecule has 1 aliphatic heterocycles. The Morgan fingerprint density at radius 3 is 2.76 bits per heavy atom. The van der Waals surface area contributed by atoms with Gasteiger partial charge in [-0.1, -0.05) is 52.0 Å². The van der Waals surface area contributed by atoms with Crippen LogP contribution in [0.4, 0.5) is 0 Å². The molecule has 3 rings (SSSR count). The van der Waals surface area contributed by atoms with Gasteiger partial charge in [0, 0.05) is 36.7 Å². The summed E-state index contributed by atoms with van der Waals surface area (Å²) >= 11 is 0. The molecule has 1 aromatic rings. The van der Waals surface area contributed by atoms with Gasteiger partial charge in [0.15, 0.2) is 0 Å². The second-order valence-electron chi connectivity index (χ2n) is 9.95. The first-order valence-corrected chi connectivity index (χ1v) is 12.9. The first kappa shape index (κ1) is 25.8. The third-order valence-electron chi connectivity index (χ3n) is 7.91. The van der Waals surface area contributed by atoms with Crippen molar-refractivity contribution in [2.45, 2.75) is 83.3 Å². The minimum Gasteiger partial charge on any atom is -0.497 e. The number of carbonyl (C=O) groups excluding carboxylic acids is 1.